The van der Waals surface area contributed by atoms with Crippen LogP contribution in [0.5, 0.6) is 0 Å². The molecule has 6 fully saturated rings. The monoisotopic (exact) mass is 865 g/mol. The summed E-state index contributed by atoms with van der Waals surface area (Å²) in [5.74, 6) is 8.66. The third-order valence-electron chi connectivity index (χ3n) is 16.4. The molecule has 0 aliphatic heterocycles. The molecule has 6 aliphatic carbocycles. The van der Waals surface area contributed by atoms with E-state index in [4.69, 9.17) is 0 Å². The van der Waals surface area contributed by atoms with Crippen molar-refractivity contribution in [3.63, 3.8) is 0 Å². The molecule has 0 nitrogen and oxygen atoms in total. The van der Waals surface area contributed by atoms with Gasteiger partial charge in [0.2, 0.25) is 0 Å². The normalized spacial score (nSPS) is 31.9. The zero-order valence-electron chi connectivity index (χ0n) is 44.4. The lowest BCUT2D eigenvalue weighted by Crippen LogP contribution is -2.31. The first-order valence-corrected chi connectivity index (χ1v) is 25.6. The summed E-state index contributed by atoms with van der Waals surface area (Å²) in [7, 11) is 0. The highest BCUT2D eigenvalue weighted by Crippen LogP contribution is 2.46. The first-order chi connectivity index (χ1) is 27.9. The molecule has 0 bridgehead atoms. The fourth-order valence-corrected chi connectivity index (χ4v) is 11.2. The van der Waals surface area contributed by atoms with Crippen LogP contribution in [0.1, 0.15) is 274 Å². The summed E-state index contributed by atoms with van der Waals surface area (Å²) in [4.78, 5) is 0. The van der Waals surface area contributed by atoms with Crippen molar-refractivity contribution in [3.05, 3.63) is 12.2 Å². The molecule has 0 aromatic rings. The van der Waals surface area contributed by atoms with E-state index < -0.39 is 0 Å². The van der Waals surface area contributed by atoms with Crippen LogP contribution in [0, 0.1) is 113 Å². The summed E-state index contributed by atoms with van der Waals surface area (Å²) in [5, 5.41) is 0. The Kier molecular flexibility index (Phi) is 41.0. The lowest BCUT2D eigenvalue weighted by molar-refractivity contribution is 0.0996. The lowest BCUT2D eigenvalue weighted by atomic mass is 9.65. The van der Waals surface area contributed by atoms with Gasteiger partial charge in [0.25, 0.3) is 0 Å². The van der Waals surface area contributed by atoms with Crippen LogP contribution in [0.25, 0.3) is 0 Å². The molecule has 0 spiro atoms. The van der Waals surface area contributed by atoms with Gasteiger partial charge >= 0.3 is 0 Å². The van der Waals surface area contributed by atoms with Crippen molar-refractivity contribution >= 4 is 0 Å². The maximum Gasteiger partial charge on any atom is -0.0145 e. The Morgan fingerprint density at radius 2 is 0.742 bits per heavy atom. The predicted molar refractivity (Wildman–Crippen MR) is 291 cm³/mol. The van der Waals surface area contributed by atoms with Gasteiger partial charge in [-0.05, 0) is 120 Å². The largest absolute Gasteiger partial charge is 0.124 e. The minimum absolute atomic E-state index is 0. The molecule has 0 radical (unpaired) electrons. The van der Waals surface area contributed by atoms with Gasteiger partial charge in [-0.3, -0.25) is 0 Å². The van der Waals surface area contributed by atoms with Crippen LogP contribution in [0.3, 0.4) is 0 Å². The fourth-order valence-electron chi connectivity index (χ4n) is 11.2. The van der Waals surface area contributed by atoms with Crippen LogP contribution in [-0.2, 0) is 0 Å². The quantitative estimate of drug-likeness (QED) is 0.168. The molecule has 6 rings (SSSR count). The molecule has 0 heteroatoms. The van der Waals surface area contributed by atoms with Crippen LogP contribution in [0.4, 0.5) is 0 Å². The van der Waals surface area contributed by atoms with E-state index in [-0.39, 0.29) is 14.9 Å². The second kappa shape index (κ2) is 36.6. The number of hydrogen-bond donors (Lipinski definition) is 0. The molecule has 0 heterocycles. The molecule has 9 unspecified atom stereocenters. The number of hydrogen-bond acceptors (Lipinski definition) is 0. The molecular formula is C62H120. The summed E-state index contributed by atoms with van der Waals surface area (Å²) in [5.41, 5.74) is 3.71. The maximum absolute atomic E-state index is 4.15. The Bertz CT molecular complexity index is 1030. The van der Waals surface area contributed by atoms with Gasteiger partial charge in [-0.2, -0.15) is 0 Å². The Balaban J connectivity index is -0.000000204. The van der Waals surface area contributed by atoms with Crippen molar-refractivity contribution in [2.45, 2.75) is 274 Å². The van der Waals surface area contributed by atoms with Gasteiger partial charge in [0.15, 0.2) is 0 Å². The SMILES string of the molecule is C.C.C#C.C#C.C#C.C=C1C(C)CCCC1(C)C.CC1(C)CCCC(C)(C)C1.CC1CCCC(C)(C)C1C.CC1CCCC(C)C1.CC1CCCCC1C.CC1CCCCC1C. The first-order valence-electron chi connectivity index (χ1n) is 25.6. The standard InChI is InChI=1S/2C10H20.C10H18.3C8H16.3C2H2.2CH4/c1-9(2)6-5-7-10(3,4)8-9;2*1-8-6-5-7-10(3,4)9(8)2;1-7-4-3-5-8(2)6-7;2*1-7-5-3-4-6-8(7)2;3*1-2;;/h5-8H2,1-4H3;8-9H,5-7H2,1-4H3;8H,2,5-7H2,1,3-4H3;3*7-8H,3-6H2,1-2H3;3*1-2H;2*1H4. The van der Waals surface area contributed by atoms with Crippen molar-refractivity contribution in [2.75, 3.05) is 0 Å². The van der Waals surface area contributed by atoms with E-state index >= 15 is 0 Å². The Labute approximate surface area is 397 Å². The maximum atomic E-state index is 4.15. The average molecular weight is 866 g/mol. The minimum atomic E-state index is 0. The summed E-state index contributed by atoms with van der Waals surface area (Å²) < 4.78 is 0. The topological polar surface area (TPSA) is 0 Å². The third kappa shape index (κ3) is 31.3. The van der Waals surface area contributed by atoms with E-state index in [2.05, 4.69) is 163 Å². The van der Waals surface area contributed by atoms with E-state index in [0.29, 0.717) is 21.7 Å². The van der Waals surface area contributed by atoms with Crippen LogP contribution in [0.15, 0.2) is 12.2 Å². The van der Waals surface area contributed by atoms with Gasteiger partial charge in [0, 0.05) is 0 Å². The van der Waals surface area contributed by atoms with Crippen molar-refractivity contribution < 1.29 is 0 Å². The summed E-state index contributed by atoms with van der Waals surface area (Å²) >= 11 is 0. The highest BCUT2D eigenvalue weighted by atomic mass is 14.4. The summed E-state index contributed by atoms with van der Waals surface area (Å²) in [6, 6.07) is 0. The van der Waals surface area contributed by atoms with Gasteiger partial charge in [-0.1, -0.05) is 241 Å². The Morgan fingerprint density at radius 1 is 0.403 bits per heavy atom. The molecule has 6 saturated carbocycles. The molecule has 0 saturated heterocycles. The minimum Gasteiger partial charge on any atom is -0.124 e. The lowest BCUT2D eigenvalue weighted by Gasteiger charge is -2.40. The third-order valence-corrected chi connectivity index (χ3v) is 16.4. The van der Waals surface area contributed by atoms with Gasteiger partial charge < -0.3 is 0 Å². The molecule has 62 heavy (non-hydrogen) atoms. The van der Waals surface area contributed by atoms with Crippen molar-refractivity contribution in [1.82, 2.24) is 0 Å². The van der Waals surface area contributed by atoms with Crippen molar-refractivity contribution in [2.24, 2.45) is 74.9 Å². The van der Waals surface area contributed by atoms with Crippen LogP contribution < -0.4 is 0 Å². The van der Waals surface area contributed by atoms with Gasteiger partial charge in [0.05, 0.1) is 0 Å². The van der Waals surface area contributed by atoms with E-state index in [1.165, 1.54) is 147 Å². The van der Waals surface area contributed by atoms with Crippen molar-refractivity contribution in [3.8, 4) is 38.5 Å². The summed E-state index contributed by atoms with van der Waals surface area (Å²) in [6.45, 7) is 44.5. The molecule has 9 atom stereocenters. The highest BCUT2D eigenvalue weighted by molar-refractivity contribution is 5.12. The first kappa shape index (κ1) is 69.5. The van der Waals surface area contributed by atoms with Gasteiger partial charge in [-0.25, -0.2) is 0 Å². The average Bonchev–Trinajstić information content (AvgIpc) is 3.18. The summed E-state index contributed by atoms with van der Waals surface area (Å²) in [6.07, 6.45) is 55.8. The van der Waals surface area contributed by atoms with Gasteiger partial charge in [-0.15, -0.1) is 38.5 Å². The van der Waals surface area contributed by atoms with Crippen LogP contribution >= 0.6 is 0 Å². The highest BCUT2D eigenvalue weighted by Gasteiger charge is 2.34. The van der Waals surface area contributed by atoms with E-state index in [0.717, 1.165) is 53.3 Å². The molecule has 0 aromatic carbocycles. The molecular weight excluding hydrogens is 745 g/mol. The zero-order chi connectivity index (χ0) is 47.3. The van der Waals surface area contributed by atoms with Gasteiger partial charge in [0.1, 0.15) is 0 Å². The van der Waals surface area contributed by atoms with E-state index in [1.807, 2.05) is 0 Å². The Hall–Kier alpha value is -1.58. The number of rotatable bonds is 0. The van der Waals surface area contributed by atoms with E-state index in [9.17, 15) is 0 Å². The van der Waals surface area contributed by atoms with E-state index in [1.54, 1.807) is 0 Å². The Morgan fingerprint density at radius 3 is 0.968 bits per heavy atom. The molecule has 0 aromatic heterocycles. The second-order valence-electron chi connectivity index (χ2n) is 24.1. The zero-order valence-corrected chi connectivity index (χ0v) is 44.4. The number of terminal acetylenes is 3. The van der Waals surface area contributed by atoms with Crippen LogP contribution in [0.2, 0.25) is 0 Å². The predicted octanol–water partition coefficient (Wildman–Crippen LogP) is 21.0. The molecule has 0 amide bonds. The number of allylic oxidation sites excluding steroid dienone is 1. The molecule has 368 valence electrons. The van der Waals surface area contributed by atoms with Crippen molar-refractivity contribution in [1.29, 1.82) is 0 Å². The fraction of sp³-hybridized carbons (Fsp3) is 0.871. The van der Waals surface area contributed by atoms with Crippen LogP contribution in [-0.4, -0.2) is 0 Å². The smallest absolute Gasteiger partial charge is 0.0145 e. The molecule has 6 aliphatic rings. The molecule has 0 N–H and O–H groups in total. The second-order valence-corrected chi connectivity index (χ2v) is 24.1.